The Hall–Kier alpha value is -2.63. The summed E-state index contributed by atoms with van der Waals surface area (Å²) in [6.07, 6.45) is 1.27. The van der Waals surface area contributed by atoms with Crippen molar-refractivity contribution in [1.29, 1.82) is 0 Å². The van der Waals surface area contributed by atoms with Crippen molar-refractivity contribution < 1.29 is 18.8 Å². The van der Waals surface area contributed by atoms with Gasteiger partial charge in [0.1, 0.15) is 11.8 Å². The highest BCUT2D eigenvalue weighted by Gasteiger charge is 2.13. The Balaban J connectivity index is 2.18. The Morgan fingerprint density at radius 3 is 2.79 bits per heavy atom. The van der Waals surface area contributed by atoms with Gasteiger partial charge in [-0.15, -0.1) is 0 Å². The summed E-state index contributed by atoms with van der Waals surface area (Å²) >= 11 is 0. The summed E-state index contributed by atoms with van der Waals surface area (Å²) < 4.78 is 9.31. The molecule has 0 saturated heterocycles. The lowest BCUT2D eigenvalue weighted by Crippen LogP contribution is -2.13. The standard InChI is InChI=1S/C13H12N2O4/c1-8-11(7-19-15-8)12(16)14-10-5-3-4-9(6-10)13(17)18-2/h3-7H,1-2H3,(H,14,16). The molecule has 6 nitrogen and oxygen atoms in total. The van der Waals surface area contributed by atoms with Crippen LogP contribution in [0.5, 0.6) is 0 Å². The minimum absolute atomic E-state index is 0.347. The molecule has 1 aromatic carbocycles. The number of benzene rings is 1. The van der Waals surface area contributed by atoms with E-state index >= 15 is 0 Å². The second-order valence-electron chi connectivity index (χ2n) is 3.84. The van der Waals surface area contributed by atoms with Crippen LogP contribution in [-0.4, -0.2) is 24.1 Å². The van der Waals surface area contributed by atoms with Crippen molar-refractivity contribution in [3.63, 3.8) is 0 Å². The summed E-state index contributed by atoms with van der Waals surface area (Å²) in [4.78, 5) is 23.3. The van der Waals surface area contributed by atoms with Gasteiger partial charge in [-0.05, 0) is 25.1 Å². The van der Waals surface area contributed by atoms with Gasteiger partial charge in [-0.25, -0.2) is 4.79 Å². The third-order valence-corrected chi connectivity index (χ3v) is 2.54. The molecular weight excluding hydrogens is 248 g/mol. The smallest absolute Gasteiger partial charge is 0.337 e. The molecular formula is C13H12N2O4. The van der Waals surface area contributed by atoms with Gasteiger partial charge < -0.3 is 14.6 Å². The van der Waals surface area contributed by atoms with Gasteiger partial charge in [-0.2, -0.15) is 0 Å². The lowest BCUT2D eigenvalue weighted by Gasteiger charge is -2.05. The summed E-state index contributed by atoms with van der Waals surface area (Å²) in [6, 6.07) is 6.47. The molecule has 1 heterocycles. The number of esters is 1. The van der Waals surface area contributed by atoms with E-state index in [0.717, 1.165) is 0 Å². The van der Waals surface area contributed by atoms with Gasteiger partial charge in [-0.1, -0.05) is 11.2 Å². The third-order valence-electron chi connectivity index (χ3n) is 2.54. The summed E-state index contributed by atoms with van der Waals surface area (Å²) in [5, 5.41) is 6.29. The summed E-state index contributed by atoms with van der Waals surface area (Å²) in [7, 11) is 1.30. The van der Waals surface area contributed by atoms with E-state index < -0.39 is 5.97 Å². The zero-order valence-electron chi connectivity index (χ0n) is 10.5. The predicted molar refractivity (Wildman–Crippen MR) is 67.0 cm³/mol. The fourth-order valence-corrected chi connectivity index (χ4v) is 1.55. The van der Waals surface area contributed by atoms with Gasteiger partial charge in [0.05, 0.1) is 18.4 Å². The van der Waals surface area contributed by atoms with Crippen molar-refractivity contribution in [1.82, 2.24) is 5.16 Å². The number of hydrogen-bond acceptors (Lipinski definition) is 5. The maximum Gasteiger partial charge on any atom is 0.337 e. The SMILES string of the molecule is COC(=O)c1cccc(NC(=O)c2conc2C)c1. The first kappa shape index (κ1) is 12.8. The minimum atomic E-state index is -0.461. The van der Waals surface area contributed by atoms with Crippen molar-refractivity contribution in [3.8, 4) is 0 Å². The molecule has 0 radical (unpaired) electrons. The van der Waals surface area contributed by atoms with Gasteiger partial charge in [0.15, 0.2) is 0 Å². The molecule has 19 heavy (non-hydrogen) atoms. The molecule has 0 saturated carbocycles. The molecule has 0 aliphatic carbocycles. The molecule has 0 aliphatic heterocycles. The molecule has 2 rings (SSSR count). The zero-order valence-corrected chi connectivity index (χ0v) is 10.5. The van der Waals surface area contributed by atoms with Crippen LogP contribution in [0.25, 0.3) is 0 Å². The minimum Gasteiger partial charge on any atom is -0.465 e. The lowest BCUT2D eigenvalue weighted by molar-refractivity contribution is 0.0600. The Morgan fingerprint density at radius 2 is 2.16 bits per heavy atom. The Morgan fingerprint density at radius 1 is 1.37 bits per heavy atom. The molecule has 1 N–H and O–H groups in total. The lowest BCUT2D eigenvalue weighted by atomic mass is 10.2. The quantitative estimate of drug-likeness (QED) is 0.854. The normalized spacial score (nSPS) is 10.0. The van der Waals surface area contributed by atoms with E-state index in [1.165, 1.54) is 19.4 Å². The molecule has 0 fully saturated rings. The molecule has 98 valence electrons. The number of ether oxygens (including phenoxy) is 1. The highest BCUT2D eigenvalue weighted by Crippen LogP contribution is 2.14. The van der Waals surface area contributed by atoms with Crippen molar-refractivity contribution in [2.24, 2.45) is 0 Å². The van der Waals surface area contributed by atoms with Gasteiger partial charge in [0, 0.05) is 5.69 Å². The number of amides is 1. The molecule has 1 aromatic heterocycles. The largest absolute Gasteiger partial charge is 0.465 e. The van der Waals surface area contributed by atoms with Crippen molar-refractivity contribution in [2.75, 3.05) is 12.4 Å². The maximum absolute atomic E-state index is 11.9. The van der Waals surface area contributed by atoms with Crippen LogP contribution in [0.1, 0.15) is 26.4 Å². The number of methoxy groups -OCH3 is 1. The van der Waals surface area contributed by atoms with Crippen LogP contribution >= 0.6 is 0 Å². The zero-order chi connectivity index (χ0) is 13.8. The molecule has 0 atom stereocenters. The Bertz CT molecular complexity index is 619. The highest BCUT2D eigenvalue weighted by molar-refractivity contribution is 6.05. The third kappa shape index (κ3) is 2.79. The van der Waals surface area contributed by atoms with E-state index in [1.54, 1.807) is 25.1 Å². The summed E-state index contributed by atoms with van der Waals surface area (Å²) in [5.74, 6) is -0.807. The number of aromatic nitrogens is 1. The van der Waals surface area contributed by atoms with Crippen LogP contribution in [-0.2, 0) is 4.74 Å². The first-order valence-corrected chi connectivity index (χ1v) is 5.52. The molecule has 1 amide bonds. The monoisotopic (exact) mass is 260 g/mol. The molecule has 0 aliphatic rings. The molecule has 0 spiro atoms. The average molecular weight is 260 g/mol. The van der Waals surface area contributed by atoms with Crippen molar-refractivity contribution in [3.05, 3.63) is 47.3 Å². The van der Waals surface area contributed by atoms with E-state index in [9.17, 15) is 9.59 Å². The fraction of sp³-hybridized carbons (Fsp3) is 0.154. The summed E-state index contributed by atoms with van der Waals surface area (Å²) in [5.41, 5.74) is 1.71. The van der Waals surface area contributed by atoms with Gasteiger partial charge >= 0.3 is 5.97 Å². The molecule has 0 bridgehead atoms. The van der Waals surface area contributed by atoms with Crippen LogP contribution < -0.4 is 5.32 Å². The number of hydrogen-bond donors (Lipinski definition) is 1. The number of nitrogens with one attached hydrogen (secondary N) is 1. The van der Waals surface area contributed by atoms with Crippen LogP contribution in [0, 0.1) is 6.92 Å². The Labute approximate surface area is 109 Å². The average Bonchev–Trinajstić information content (AvgIpc) is 2.84. The number of nitrogens with zero attached hydrogens (tertiary/aromatic N) is 1. The van der Waals surface area contributed by atoms with Crippen LogP contribution in [0.15, 0.2) is 35.1 Å². The number of rotatable bonds is 3. The molecule has 0 unspecified atom stereocenters. The van der Waals surface area contributed by atoms with Crippen molar-refractivity contribution >= 4 is 17.6 Å². The van der Waals surface area contributed by atoms with Crippen LogP contribution in [0.3, 0.4) is 0 Å². The van der Waals surface area contributed by atoms with Gasteiger partial charge in [0.25, 0.3) is 5.91 Å². The number of anilines is 1. The van der Waals surface area contributed by atoms with Gasteiger partial charge in [0.2, 0.25) is 0 Å². The second kappa shape index (κ2) is 5.34. The van der Waals surface area contributed by atoms with E-state index in [4.69, 9.17) is 4.52 Å². The van der Waals surface area contributed by atoms with E-state index in [1.807, 2.05) is 0 Å². The number of aryl methyl sites for hydroxylation is 1. The number of carbonyl (C=O) groups excluding carboxylic acids is 2. The maximum atomic E-state index is 11.9. The second-order valence-corrected chi connectivity index (χ2v) is 3.84. The predicted octanol–water partition coefficient (Wildman–Crippen LogP) is 2.02. The van der Waals surface area contributed by atoms with E-state index in [0.29, 0.717) is 22.5 Å². The van der Waals surface area contributed by atoms with Gasteiger partial charge in [-0.3, -0.25) is 4.79 Å². The van der Waals surface area contributed by atoms with E-state index in [2.05, 4.69) is 15.2 Å². The van der Waals surface area contributed by atoms with Crippen molar-refractivity contribution in [2.45, 2.75) is 6.92 Å². The van der Waals surface area contributed by atoms with Crippen LogP contribution in [0.4, 0.5) is 5.69 Å². The first-order chi connectivity index (χ1) is 9.11. The van der Waals surface area contributed by atoms with E-state index in [-0.39, 0.29) is 5.91 Å². The summed E-state index contributed by atoms with van der Waals surface area (Å²) in [6.45, 7) is 1.67. The first-order valence-electron chi connectivity index (χ1n) is 5.52. The molecule has 6 heteroatoms. The highest BCUT2D eigenvalue weighted by atomic mass is 16.5. The topological polar surface area (TPSA) is 81.4 Å². The Kier molecular flexibility index (Phi) is 3.61. The number of carbonyl (C=O) groups is 2. The fourth-order valence-electron chi connectivity index (χ4n) is 1.55. The molecule has 2 aromatic rings. The van der Waals surface area contributed by atoms with Crippen LogP contribution in [0.2, 0.25) is 0 Å².